The zero-order chi connectivity index (χ0) is 23.4. The number of carbonyl (C=O) groups excluding carboxylic acids is 1. The number of ether oxygens (including phenoxy) is 1. The highest BCUT2D eigenvalue weighted by Crippen LogP contribution is 2.38. The number of hydrogen-bond acceptors (Lipinski definition) is 9. The molecule has 3 heterocycles. The molecule has 0 aliphatic heterocycles. The van der Waals surface area contributed by atoms with E-state index in [0.29, 0.717) is 43.9 Å². The molecule has 0 spiro atoms. The molecule has 8 nitrogen and oxygen atoms in total. The Morgan fingerprint density at radius 1 is 1.21 bits per heavy atom. The Hall–Kier alpha value is -2.27. The van der Waals surface area contributed by atoms with E-state index in [2.05, 4.69) is 25.5 Å². The van der Waals surface area contributed by atoms with E-state index in [-0.39, 0.29) is 12.5 Å². The van der Waals surface area contributed by atoms with Crippen molar-refractivity contribution in [2.75, 3.05) is 19.0 Å². The molecule has 0 atom stereocenters. The second kappa shape index (κ2) is 10.8. The van der Waals surface area contributed by atoms with Crippen LogP contribution in [-0.4, -0.2) is 50.1 Å². The number of aliphatic hydroxyl groups excluding tert-OH is 1. The minimum absolute atomic E-state index is 0.264. The lowest BCUT2D eigenvalue weighted by molar-refractivity contribution is 0.102. The minimum Gasteiger partial charge on any atom is -0.494 e. The molecule has 174 valence electrons. The molecule has 3 aromatic heterocycles. The molecule has 0 saturated heterocycles. The fourth-order valence-electron chi connectivity index (χ4n) is 3.80. The molecule has 1 fully saturated rings. The van der Waals surface area contributed by atoms with E-state index in [4.69, 9.17) is 16.3 Å². The summed E-state index contributed by atoms with van der Waals surface area (Å²) in [5.41, 5.74) is 2.41. The van der Waals surface area contributed by atoms with E-state index >= 15 is 0 Å². The summed E-state index contributed by atoms with van der Waals surface area (Å²) in [4.78, 5) is 21.5. The van der Waals surface area contributed by atoms with Gasteiger partial charge in [-0.1, -0.05) is 34.7 Å². The number of hydrogen-bond donors (Lipinski definition) is 2. The maximum absolute atomic E-state index is 13.1. The van der Waals surface area contributed by atoms with Gasteiger partial charge >= 0.3 is 0 Å². The number of methoxy groups -OCH3 is 1. The molecule has 3 aromatic rings. The Morgan fingerprint density at radius 2 is 2.00 bits per heavy atom. The second-order valence-corrected chi connectivity index (χ2v) is 10.8. The predicted molar refractivity (Wildman–Crippen MR) is 130 cm³/mol. The predicted octanol–water partition coefficient (Wildman–Crippen LogP) is 4.86. The number of rotatable bonds is 7. The van der Waals surface area contributed by atoms with Gasteiger partial charge in [0.25, 0.3) is 5.91 Å². The van der Waals surface area contributed by atoms with Crippen LogP contribution in [0.5, 0.6) is 5.75 Å². The summed E-state index contributed by atoms with van der Waals surface area (Å²) >= 11 is 9.15. The van der Waals surface area contributed by atoms with Gasteiger partial charge in [-0.15, -0.1) is 10.2 Å². The molecular formula is C22H24ClN5O3S2. The molecular weight excluding hydrogens is 482 g/mol. The van der Waals surface area contributed by atoms with Gasteiger partial charge in [-0.2, -0.15) is 0 Å². The number of aryl methyl sites for hydroxylation is 1. The topological polar surface area (TPSA) is 110 Å². The number of thioether (sulfide) groups is 1. The van der Waals surface area contributed by atoms with Gasteiger partial charge < -0.3 is 9.84 Å². The maximum Gasteiger partial charge on any atom is 0.259 e. The van der Waals surface area contributed by atoms with E-state index < -0.39 is 0 Å². The van der Waals surface area contributed by atoms with Gasteiger partial charge in [-0.25, -0.2) is 4.98 Å². The summed E-state index contributed by atoms with van der Waals surface area (Å²) in [7, 11) is 1.54. The Labute approximate surface area is 205 Å². The first-order valence-electron chi connectivity index (χ1n) is 10.6. The highest BCUT2D eigenvalue weighted by Gasteiger charge is 2.23. The lowest BCUT2D eigenvalue weighted by Gasteiger charge is -2.25. The average molecular weight is 506 g/mol. The van der Waals surface area contributed by atoms with Gasteiger partial charge in [0, 0.05) is 34.9 Å². The van der Waals surface area contributed by atoms with Gasteiger partial charge in [0.05, 0.1) is 18.9 Å². The van der Waals surface area contributed by atoms with Crippen molar-refractivity contribution in [3.63, 3.8) is 0 Å². The summed E-state index contributed by atoms with van der Waals surface area (Å²) in [6.45, 7) is 2.11. The van der Waals surface area contributed by atoms with Crippen molar-refractivity contribution in [1.82, 2.24) is 20.2 Å². The largest absolute Gasteiger partial charge is 0.494 e. The molecule has 0 unspecified atom stereocenters. The monoisotopic (exact) mass is 505 g/mol. The minimum atomic E-state index is -0.344. The smallest absolute Gasteiger partial charge is 0.259 e. The summed E-state index contributed by atoms with van der Waals surface area (Å²) in [5.74, 6) is 0.575. The molecule has 0 aromatic carbocycles. The quantitative estimate of drug-likeness (QED) is 0.346. The fourth-order valence-corrected chi connectivity index (χ4v) is 6.15. The van der Waals surface area contributed by atoms with Gasteiger partial charge in [0.1, 0.15) is 10.9 Å². The van der Waals surface area contributed by atoms with E-state index in [1.807, 2.05) is 13.0 Å². The third kappa shape index (κ3) is 5.81. The van der Waals surface area contributed by atoms with E-state index in [1.165, 1.54) is 23.7 Å². The first-order valence-corrected chi connectivity index (χ1v) is 12.6. The van der Waals surface area contributed by atoms with Gasteiger partial charge in [-0.05, 0) is 50.7 Å². The standard InChI is InChI=1S/C22H24ClN5O3S2/c1-12-7-15(16-8-19(23)25-10-18(16)31-2)17(9-24-12)20(30)26-21-27-28-22(33-21)32-14-5-3-13(11-29)4-6-14/h7-10,13-14,29H,3-6,11H2,1-2H3,(H,26,27,30). The van der Waals surface area contributed by atoms with Crippen molar-refractivity contribution in [2.45, 2.75) is 42.2 Å². The summed E-state index contributed by atoms with van der Waals surface area (Å²) < 4.78 is 6.25. The van der Waals surface area contributed by atoms with Crippen LogP contribution < -0.4 is 10.1 Å². The highest BCUT2D eigenvalue weighted by molar-refractivity contribution is 8.01. The molecule has 33 heavy (non-hydrogen) atoms. The first kappa shape index (κ1) is 23.9. The number of anilines is 1. The molecule has 1 aliphatic carbocycles. The number of nitrogens with zero attached hydrogens (tertiary/aromatic N) is 4. The third-order valence-electron chi connectivity index (χ3n) is 5.58. The van der Waals surface area contributed by atoms with Crippen molar-refractivity contribution in [3.8, 4) is 16.9 Å². The lowest BCUT2D eigenvalue weighted by atomic mass is 9.90. The molecule has 1 aliphatic rings. The van der Waals surface area contributed by atoms with Crippen LogP contribution in [0.15, 0.2) is 28.9 Å². The molecule has 1 amide bonds. The Kier molecular flexibility index (Phi) is 7.79. The van der Waals surface area contributed by atoms with Gasteiger partial charge in [0.15, 0.2) is 4.34 Å². The van der Waals surface area contributed by atoms with Crippen molar-refractivity contribution in [2.24, 2.45) is 5.92 Å². The van der Waals surface area contributed by atoms with Crippen LogP contribution in [0, 0.1) is 12.8 Å². The zero-order valence-electron chi connectivity index (χ0n) is 18.2. The molecule has 1 saturated carbocycles. The first-order chi connectivity index (χ1) is 16.0. The number of aliphatic hydroxyl groups is 1. The van der Waals surface area contributed by atoms with Crippen LogP contribution >= 0.6 is 34.7 Å². The third-order valence-corrected chi connectivity index (χ3v) is 8.04. The number of nitrogens with one attached hydrogen (secondary N) is 1. The van der Waals surface area contributed by atoms with E-state index in [0.717, 1.165) is 35.7 Å². The molecule has 4 rings (SSSR count). The molecule has 11 heteroatoms. The molecule has 2 N–H and O–H groups in total. The van der Waals surface area contributed by atoms with Crippen molar-refractivity contribution >= 4 is 45.7 Å². The zero-order valence-corrected chi connectivity index (χ0v) is 20.6. The SMILES string of the molecule is COc1cnc(Cl)cc1-c1cc(C)ncc1C(=O)Nc1nnc(SC2CCC(CO)CC2)s1. The van der Waals surface area contributed by atoms with Crippen molar-refractivity contribution in [3.05, 3.63) is 40.9 Å². The molecule has 0 radical (unpaired) electrons. The van der Waals surface area contributed by atoms with Crippen LogP contribution in [0.2, 0.25) is 5.15 Å². The van der Waals surface area contributed by atoms with Crippen molar-refractivity contribution in [1.29, 1.82) is 0 Å². The Balaban J connectivity index is 1.51. The van der Waals surface area contributed by atoms with E-state index in [1.54, 1.807) is 24.9 Å². The Bertz CT molecular complexity index is 1130. The van der Waals surface area contributed by atoms with Crippen LogP contribution in [-0.2, 0) is 0 Å². The Morgan fingerprint density at radius 3 is 2.73 bits per heavy atom. The van der Waals surface area contributed by atoms with Gasteiger partial charge in [0.2, 0.25) is 5.13 Å². The fraction of sp³-hybridized carbons (Fsp3) is 0.409. The van der Waals surface area contributed by atoms with Crippen LogP contribution in [0.3, 0.4) is 0 Å². The second-order valence-electron chi connectivity index (χ2n) is 7.85. The van der Waals surface area contributed by atoms with E-state index in [9.17, 15) is 9.90 Å². The average Bonchev–Trinajstić information content (AvgIpc) is 3.25. The van der Waals surface area contributed by atoms with Crippen LogP contribution in [0.25, 0.3) is 11.1 Å². The van der Waals surface area contributed by atoms with Crippen LogP contribution in [0.4, 0.5) is 5.13 Å². The number of halogens is 1. The van der Waals surface area contributed by atoms with Crippen molar-refractivity contribution < 1.29 is 14.6 Å². The van der Waals surface area contributed by atoms with Gasteiger partial charge in [-0.3, -0.25) is 15.1 Å². The summed E-state index contributed by atoms with van der Waals surface area (Å²) in [6, 6.07) is 3.48. The van der Waals surface area contributed by atoms with Crippen LogP contribution in [0.1, 0.15) is 41.7 Å². The maximum atomic E-state index is 13.1. The highest BCUT2D eigenvalue weighted by atomic mass is 35.5. The summed E-state index contributed by atoms with van der Waals surface area (Å²) in [6.07, 6.45) is 7.21. The number of pyridine rings is 2. The summed E-state index contributed by atoms with van der Waals surface area (Å²) in [5, 5.41) is 21.7. The number of carbonyl (C=O) groups is 1. The number of amides is 1. The molecule has 0 bridgehead atoms. The lowest BCUT2D eigenvalue weighted by Crippen LogP contribution is -2.18. The normalized spacial score (nSPS) is 18.2. The number of aromatic nitrogens is 4.